The van der Waals surface area contributed by atoms with Gasteiger partial charge in [-0.15, -0.1) is 0 Å². The molecule has 0 N–H and O–H groups in total. The predicted octanol–water partition coefficient (Wildman–Crippen LogP) is 23.0. The summed E-state index contributed by atoms with van der Waals surface area (Å²) in [7, 11) is 0. The number of carbonyl (C=O) groups is 3. The Morgan fingerprint density at radius 1 is 0.266 bits per heavy atom. The third kappa shape index (κ3) is 64.8. The summed E-state index contributed by atoms with van der Waals surface area (Å²) in [6.07, 6.45) is 90.9. The molecule has 0 aliphatic rings. The van der Waals surface area contributed by atoms with E-state index in [1.165, 1.54) is 161 Å². The van der Waals surface area contributed by atoms with Gasteiger partial charge in [-0.1, -0.05) is 278 Å². The third-order valence-corrected chi connectivity index (χ3v) is 14.2. The summed E-state index contributed by atoms with van der Waals surface area (Å²) in [5, 5.41) is 0. The van der Waals surface area contributed by atoms with Gasteiger partial charge >= 0.3 is 17.9 Å². The lowest BCUT2D eigenvalue weighted by molar-refractivity contribution is -0.167. The van der Waals surface area contributed by atoms with Gasteiger partial charge in [0.2, 0.25) is 0 Å². The van der Waals surface area contributed by atoms with Gasteiger partial charge in [0.25, 0.3) is 0 Å². The first-order valence-electron chi connectivity index (χ1n) is 33.4. The summed E-state index contributed by atoms with van der Waals surface area (Å²) in [5.41, 5.74) is 0. The monoisotopic (exact) mass is 1100 g/mol. The van der Waals surface area contributed by atoms with Crippen molar-refractivity contribution in [3.8, 4) is 0 Å². The molecule has 6 heteroatoms. The van der Waals surface area contributed by atoms with Crippen LogP contribution in [0.3, 0.4) is 0 Å². The summed E-state index contributed by atoms with van der Waals surface area (Å²) in [6.45, 7) is 6.51. The van der Waals surface area contributed by atoms with Gasteiger partial charge in [-0.05, 0) is 128 Å². The van der Waals surface area contributed by atoms with Crippen molar-refractivity contribution in [1.29, 1.82) is 0 Å². The van der Waals surface area contributed by atoms with E-state index >= 15 is 0 Å². The summed E-state index contributed by atoms with van der Waals surface area (Å²) in [4.78, 5) is 38.4. The average molecular weight is 1100 g/mol. The Kier molecular flexibility index (Phi) is 63.3. The molecule has 0 heterocycles. The first kappa shape index (κ1) is 75.1. The van der Waals surface area contributed by atoms with E-state index in [4.69, 9.17) is 14.2 Å². The standard InChI is InChI=1S/C73H124O6/c1-4-7-10-13-16-19-22-25-27-29-31-33-34-35-36-37-38-40-41-43-45-48-51-54-57-60-63-66-72(75)78-69-70(68-77-71(74)65-62-59-56-53-50-47-24-21-18-15-12-9-6-3)79-73(76)67-64-61-58-55-52-49-46-44-42-39-32-30-28-26-23-20-17-14-11-8-5-2/h7,10,16,19,21,23-27,30-33,35-36,38,40,70H,4-6,8-9,11-15,17-18,20,22,28-29,34,37,39,41-69H2,1-3H3/b10-7-,19-16-,24-21-,26-23-,27-25-,32-30-,33-31-,36-35-,40-38-. The first-order chi connectivity index (χ1) is 39.0. The fourth-order valence-corrected chi connectivity index (χ4v) is 9.24. The second kappa shape index (κ2) is 66.6. The number of rotatable bonds is 60. The third-order valence-electron chi connectivity index (χ3n) is 14.2. The minimum absolute atomic E-state index is 0.0863. The molecule has 0 saturated carbocycles. The lowest BCUT2D eigenvalue weighted by Gasteiger charge is -2.18. The van der Waals surface area contributed by atoms with Crippen LogP contribution in [0.4, 0.5) is 0 Å². The number of unbranched alkanes of at least 4 members (excludes halogenated alkanes) is 31. The van der Waals surface area contributed by atoms with Crippen LogP contribution >= 0.6 is 0 Å². The van der Waals surface area contributed by atoms with Crippen LogP contribution in [0.1, 0.15) is 316 Å². The molecule has 0 aliphatic carbocycles. The average Bonchev–Trinajstić information content (AvgIpc) is 3.45. The van der Waals surface area contributed by atoms with Gasteiger partial charge < -0.3 is 14.2 Å². The molecule has 452 valence electrons. The Hall–Kier alpha value is -3.93. The number of ether oxygens (including phenoxy) is 3. The number of esters is 3. The van der Waals surface area contributed by atoms with E-state index in [0.717, 1.165) is 116 Å². The van der Waals surface area contributed by atoms with Crippen molar-refractivity contribution < 1.29 is 28.6 Å². The van der Waals surface area contributed by atoms with E-state index in [9.17, 15) is 14.4 Å². The SMILES string of the molecule is CC/C=C\C/C=C\C/C=C\C/C=C\C/C=C\C/C=C\CCCCCCCCCCC(=O)OCC(COC(=O)CCCCCCC/C=C\CCCCCC)OC(=O)CCCCCCCCCCC/C=C\C/C=C\CCCCCCC. The van der Waals surface area contributed by atoms with Gasteiger partial charge in [-0.3, -0.25) is 14.4 Å². The molecule has 0 rings (SSSR count). The van der Waals surface area contributed by atoms with E-state index < -0.39 is 6.10 Å². The Morgan fingerprint density at radius 3 is 0.797 bits per heavy atom. The highest BCUT2D eigenvalue weighted by Gasteiger charge is 2.19. The van der Waals surface area contributed by atoms with Gasteiger partial charge in [-0.2, -0.15) is 0 Å². The molecule has 0 amide bonds. The topological polar surface area (TPSA) is 78.9 Å². The zero-order valence-corrected chi connectivity index (χ0v) is 51.9. The molecule has 0 saturated heterocycles. The Balaban J connectivity index is 4.35. The number of hydrogen-bond acceptors (Lipinski definition) is 6. The van der Waals surface area contributed by atoms with E-state index in [1.54, 1.807) is 0 Å². The van der Waals surface area contributed by atoms with Crippen LogP contribution in [-0.4, -0.2) is 37.2 Å². The molecule has 0 aromatic rings. The molecule has 0 spiro atoms. The Morgan fingerprint density at radius 2 is 0.494 bits per heavy atom. The van der Waals surface area contributed by atoms with Gasteiger partial charge in [0, 0.05) is 19.3 Å². The lowest BCUT2D eigenvalue weighted by Crippen LogP contribution is -2.30. The molecule has 0 aromatic heterocycles. The summed E-state index contributed by atoms with van der Waals surface area (Å²) < 4.78 is 16.9. The predicted molar refractivity (Wildman–Crippen MR) is 343 cm³/mol. The highest BCUT2D eigenvalue weighted by Crippen LogP contribution is 2.16. The van der Waals surface area contributed by atoms with E-state index in [1.807, 2.05) is 0 Å². The van der Waals surface area contributed by atoms with Crippen molar-refractivity contribution in [3.63, 3.8) is 0 Å². The second-order valence-corrected chi connectivity index (χ2v) is 22.0. The first-order valence-corrected chi connectivity index (χ1v) is 33.4. The second-order valence-electron chi connectivity index (χ2n) is 22.0. The molecule has 0 fully saturated rings. The zero-order valence-electron chi connectivity index (χ0n) is 51.9. The molecule has 6 nitrogen and oxygen atoms in total. The van der Waals surface area contributed by atoms with E-state index in [2.05, 4.69) is 130 Å². The molecule has 1 atom stereocenters. The largest absolute Gasteiger partial charge is 0.462 e. The van der Waals surface area contributed by atoms with Crippen LogP contribution in [0.25, 0.3) is 0 Å². The minimum atomic E-state index is -0.790. The number of carbonyl (C=O) groups excluding carboxylic acids is 3. The van der Waals surface area contributed by atoms with Gasteiger partial charge in [-0.25, -0.2) is 0 Å². The van der Waals surface area contributed by atoms with Gasteiger partial charge in [0.05, 0.1) is 0 Å². The summed E-state index contributed by atoms with van der Waals surface area (Å²) in [5.74, 6) is -0.898. The van der Waals surface area contributed by atoms with Gasteiger partial charge in [0.15, 0.2) is 6.10 Å². The van der Waals surface area contributed by atoms with Crippen molar-refractivity contribution in [2.45, 2.75) is 322 Å². The Labute approximate surface area is 489 Å². The number of hydrogen-bond donors (Lipinski definition) is 0. The molecule has 79 heavy (non-hydrogen) atoms. The molecule has 0 aromatic carbocycles. The van der Waals surface area contributed by atoms with Crippen molar-refractivity contribution in [2.75, 3.05) is 13.2 Å². The zero-order chi connectivity index (χ0) is 57.1. The van der Waals surface area contributed by atoms with Gasteiger partial charge in [0.1, 0.15) is 13.2 Å². The summed E-state index contributed by atoms with van der Waals surface area (Å²) >= 11 is 0. The van der Waals surface area contributed by atoms with Crippen LogP contribution in [0.5, 0.6) is 0 Å². The molecule has 0 bridgehead atoms. The van der Waals surface area contributed by atoms with Crippen LogP contribution in [0.15, 0.2) is 109 Å². The Bertz CT molecular complexity index is 1590. The van der Waals surface area contributed by atoms with Crippen LogP contribution in [-0.2, 0) is 28.6 Å². The van der Waals surface area contributed by atoms with Crippen LogP contribution in [0, 0.1) is 0 Å². The molecular formula is C73H124O6. The fraction of sp³-hybridized carbons (Fsp3) is 0.712. The minimum Gasteiger partial charge on any atom is -0.462 e. The highest BCUT2D eigenvalue weighted by atomic mass is 16.6. The highest BCUT2D eigenvalue weighted by molar-refractivity contribution is 5.71. The lowest BCUT2D eigenvalue weighted by atomic mass is 10.1. The van der Waals surface area contributed by atoms with Crippen molar-refractivity contribution >= 4 is 17.9 Å². The summed E-state index contributed by atoms with van der Waals surface area (Å²) in [6, 6.07) is 0. The molecule has 0 radical (unpaired) electrons. The van der Waals surface area contributed by atoms with Crippen molar-refractivity contribution in [3.05, 3.63) is 109 Å². The smallest absolute Gasteiger partial charge is 0.306 e. The maximum Gasteiger partial charge on any atom is 0.306 e. The van der Waals surface area contributed by atoms with E-state index in [0.29, 0.717) is 19.3 Å². The van der Waals surface area contributed by atoms with E-state index in [-0.39, 0.29) is 31.1 Å². The maximum absolute atomic E-state index is 12.9. The van der Waals surface area contributed by atoms with Crippen molar-refractivity contribution in [2.24, 2.45) is 0 Å². The number of allylic oxidation sites excluding steroid dienone is 18. The fourth-order valence-electron chi connectivity index (χ4n) is 9.24. The van der Waals surface area contributed by atoms with Crippen molar-refractivity contribution in [1.82, 2.24) is 0 Å². The van der Waals surface area contributed by atoms with Crippen LogP contribution in [0.2, 0.25) is 0 Å². The molecule has 1 unspecified atom stereocenters. The normalized spacial score (nSPS) is 12.8. The van der Waals surface area contributed by atoms with Crippen LogP contribution < -0.4 is 0 Å². The molecule has 0 aliphatic heterocycles. The maximum atomic E-state index is 12.9. The quantitative estimate of drug-likeness (QED) is 0.0261. The molecular weight excluding hydrogens is 973 g/mol.